The number of benzene rings is 3. The van der Waals surface area contributed by atoms with Gasteiger partial charge in [0.15, 0.2) is 6.29 Å². The zero-order chi connectivity index (χ0) is 18.1. The Hall–Kier alpha value is -3.04. The van der Waals surface area contributed by atoms with Gasteiger partial charge in [0, 0.05) is 13.1 Å². The Morgan fingerprint density at radius 1 is 1.04 bits per heavy atom. The first-order valence-corrected chi connectivity index (χ1v) is 8.67. The van der Waals surface area contributed by atoms with Crippen LogP contribution in [0, 0.1) is 0 Å². The second-order valence-electron chi connectivity index (χ2n) is 6.59. The molecule has 0 amide bonds. The van der Waals surface area contributed by atoms with Crippen LogP contribution in [0.5, 0.6) is 0 Å². The highest BCUT2D eigenvalue weighted by molar-refractivity contribution is 6.27. The summed E-state index contributed by atoms with van der Waals surface area (Å²) in [7, 11) is 0. The fraction of sp³-hybridized carbons (Fsp3) is 0.130. The van der Waals surface area contributed by atoms with E-state index in [2.05, 4.69) is 35.7 Å². The van der Waals surface area contributed by atoms with Crippen molar-refractivity contribution in [2.75, 3.05) is 0 Å². The maximum Gasteiger partial charge on any atom is 0.216 e. The van der Waals surface area contributed by atoms with E-state index in [9.17, 15) is 9.59 Å². The molecule has 0 N–H and O–H groups in total. The van der Waals surface area contributed by atoms with Gasteiger partial charge in [0.2, 0.25) is 5.78 Å². The maximum atomic E-state index is 12.3. The molecule has 0 fully saturated rings. The van der Waals surface area contributed by atoms with E-state index in [1.165, 1.54) is 0 Å². The second kappa shape index (κ2) is 6.70. The molecule has 0 spiro atoms. The van der Waals surface area contributed by atoms with Gasteiger partial charge < -0.3 is 0 Å². The maximum absolute atomic E-state index is 12.3. The van der Waals surface area contributed by atoms with E-state index >= 15 is 0 Å². The Labute approximate surface area is 152 Å². The number of hydrogen-bond acceptors (Lipinski definition) is 3. The highest BCUT2D eigenvalue weighted by atomic mass is 16.2. The van der Waals surface area contributed by atoms with Crippen molar-refractivity contribution in [2.24, 2.45) is 0 Å². The predicted molar refractivity (Wildman–Crippen MR) is 104 cm³/mol. The van der Waals surface area contributed by atoms with Crippen LogP contribution in [0.25, 0.3) is 16.8 Å². The molecule has 0 radical (unpaired) electrons. The Morgan fingerprint density at radius 3 is 2.54 bits per heavy atom. The van der Waals surface area contributed by atoms with E-state index in [1.54, 1.807) is 0 Å². The standard InChI is InChI=1S/C23H19NO2/c1-2-16-11-12-18(20-9-6-5-8-19(16)20)14-24-13-17-7-3-4-10-21(17)23(24)22(26)15-25/h2-12,15,23H,1,13-14H2. The van der Waals surface area contributed by atoms with Crippen LogP contribution in [0.15, 0.2) is 67.2 Å². The SMILES string of the molecule is C=Cc1ccc(CN2Cc3ccccc3C2C(=O)C=O)c2ccccc12. The molecular weight excluding hydrogens is 322 g/mol. The number of aldehydes is 1. The first-order valence-electron chi connectivity index (χ1n) is 8.67. The number of Topliss-reactive ketones (excluding diaryl/α,β-unsaturated/α-hetero) is 1. The van der Waals surface area contributed by atoms with Gasteiger partial charge in [-0.25, -0.2) is 0 Å². The van der Waals surface area contributed by atoms with Crippen LogP contribution in [0.2, 0.25) is 0 Å². The molecule has 1 aliphatic heterocycles. The quantitative estimate of drug-likeness (QED) is 0.513. The molecule has 26 heavy (non-hydrogen) atoms. The molecule has 0 saturated heterocycles. The van der Waals surface area contributed by atoms with Crippen molar-refractivity contribution in [1.82, 2.24) is 4.90 Å². The average molecular weight is 341 g/mol. The number of fused-ring (bicyclic) bond motifs is 2. The molecule has 1 atom stereocenters. The summed E-state index contributed by atoms with van der Waals surface area (Å²) in [6.45, 7) is 5.17. The molecule has 1 aliphatic rings. The van der Waals surface area contributed by atoms with Crippen molar-refractivity contribution in [3.05, 3.63) is 89.5 Å². The molecule has 3 aromatic rings. The Balaban J connectivity index is 1.76. The molecule has 1 unspecified atom stereocenters. The van der Waals surface area contributed by atoms with Crippen molar-refractivity contribution < 1.29 is 9.59 Å². The molecule has 4 rings (SSSR count). The lowest BCUT2D eigenvalue weighted by atomic mass is 9.98. The minimum Gasteiger partial charge on any atom is -0.295 e. The topological polar surface area (TPSA) is 37.4 Å². The normalized spacial score (nSPS) is 16.4. The molecule has 0 aliphatic carbocycles. The first kappa shape index (κ1) is 16.4. The van der Waals surface area contributed by atoms with E-state index in [4.69, 9.17) is 0 Å². The van der Waals surface area contributed by atoms with E-state index in [-0.39, 0.29) is 5.78 Å². The van der Waals surface area contributed by atoms with E-state index in [0.29, 0.717) is 19.4 Å². The van der Waals surface area contributed by atoms with Crippen LogP contribution in [0.1, 0.15) is 28.3 Å². The molecule has 3 heteroatoms. The summed E-state index contributed by atoms with van der Waals surface area (Å²) in [6, 6.07) is 19.7. The van der Waals surface area contributed by atoms with Crippen LogP contribution in [-0.2, 0) is 22.7 Å². The van der Waals surface area contributed by atoms with Gasteiger partial charge >= 0.3 is 0 Å². The van der Waals surface area contributed by atoms with E-state index in [0.717, 1.165) is 33.0 Å². The van der Waals surface area contributed by atoms with Gasteiger partial charge in [0.25, 0.3) is 0 Å². The monoisotopic (exact) mass is 341 g/mol. The van der Waals surface area contributed by atoms with Crippen LogP contribution in [0.4, 0.5) is 0 Å². The largest absolute Gasteiger partial charge is 0.295 e. The Bertz CT molecular complexity index is 1020. The van der Waals surface area contributed by atoms with Crippen LogP contribution in [0.3, 0.4) is 0 Å². The van der Waals surface area contributed by atoms with E-state index in [1.807, 2.05) is 42.5 Å². The first-order chi connectivity index (χ1) is 12.7. The summed E-state index contributed by atoms with van der Waals surface area (Å²) >= 11 is 0. The van der Waals surface area contributed by atoms with Gasteiger partial charge in [-0.3, -0.25) is 14.5 Å². The molecule has 0 saturated carbocycles. The van der Waals surface area contributed by atoms with Crippen LogP contribution < -0.4 is 0 Å². The molecule has 1 heterocycles. The molecule has 128 valence electrons. The number of carbonyl (C=O) groups excluding carboxylic acids is 2. The van der Waals surface area contributed by atoms with Gasteiger partial charge in [0.05, 0.1) is 0 Å². The Kier molecular flexibility index (Phi) is 4.23. The van der Waals surface area contributed by atoms with Gasteiger partial charge in [-0.15, -0.1) is 0 Å². The van der Waals surface area contributed by atoms with E-state index < -0.39 is 6.04 Å². The third-order valence-electron chi connectivity index (χ3n) is 5.12. The summed E-state index contributed by atoms with van der Waals surface area (Å²) in [5.74, 6) is -0.387. The van der Waals surface area contributed by atoms with Gasteiger partial charge in [-0.1, -0.05) is 73.3 Å². The summed E-state index contributed by atoms with van der Waals surface area (Å²) in [4.78, 5) is 25.6. The summed E-state index contributed by atoms with van der Waals surface area (Å²) in [5, 5.41) is 2.30. The lowest BCUT2D eigenvalue weighted by Crippen LogP contribution is -2.28. The molecule has 3 aromatic carbocycles. The smallest absolute Gasteiger partial charge is 0.216 e. The molecule has 0 aromatic heterocycles. The molecule has 3 nitrogen and oxygen atoms in total. The zero-order valence-corrected chi connectivity index (χ0v) is 14.4. The number of nitrogens with zero attached hydrogens (tertiary/aromatic N) is 1. The fourth-order valence-corrected chi connectivity index (χ4v) is 3.92. The van der Waals surface area contributed by atoms with Crippen molar-refractivity contribution >= 4 is 28.9 Å². The van der Waals surface area contributed by atoms with Crippen molar-refractivity contribution in [2.45, 2.75) is 19.1 Å². The Morgan fingerprint density at radius 2 is 1.77 bits per heavy atom. The third kappa shape index (κ3) is 2.67. The van der Waals surface area contributed by atoms with Gasteiger partial charge in [0.1, 0.15) is 6.04 Å². The van der Waals surface area contributed by atoms with Gasteiger partial charge in [-0.05, 0) is 33.0 Å². The summed E-state index contributed by atoms with van der Waals surface area (Å²) < 4.78 is 0. The highest BCUT2D eigenvalue weighted by Gasteiger charge is 2.35. The zero-order valence-electron chi connectivity index (χ0n) is 14.4. The van der Waals surface area contributed by atoms with Crippen molar-refractivity contribution in [3.8, 4) is 0 Å². The lowest BCUT2D eigenvalue weighted by molar-refractivity contribution is -0.133. The average Bonchev–Trinajstić information content (AvgIpc) is 3.05. The van der Waals surface area contributed by atoms with Crippen LogP contribution in [-0.4, -0.2) is 17.0 Å². The third-order valence-corrected chi connectivity index (χ3v) is 5.12. The van der Waals surface area contributed by atoms with Crippen molar-refractivity contribution in [1.29, 1.82) is 0 Å². The minimum absolute atomic E-state index is 0.387. The summed E-state index contributed by atoms with van der Waals surface area (Å²) in [6.07, 6.45) is 2.30. The second-order valence-corrected chi connectivity index (χ2v) is 6.59. The fourth-order valence-electron chi connectivity index (χ4n) is 3.92. The predicted octanol–water partition coefficient (Wildman–Crippen LogP) is 4.31. The highest BCUT2D eigenvalue weighted by Crippen LogP contribution is 2.36. The number of ketones is 1. The lowest BCUT2D eigenvalue weighted by Gasteiger charge is -2.23. The minimum atomic E-state index is -0.499. The molecular formula is C23H19NO2. The number of hydrogen-bond donors (Lipinski definition) is 0. The van der Waals surface area contributed by atoms with Crippen LogP contribution >= 0.6 is 0 Å². The summed E-state index contributed by atoms with van der Waals surface area (Å²) in [5.41, 5.74) is 4.29. The number of rotatable bonds is 5. The molecule has 0 bridgehead atoms. The number of carbonyl (C=O) groups is 2. The van der Waals surface area contributed by atoms with Crippen molar-refractivity contribution in [3.63, 3.8) is 0 Å². The van der Waals surface area contributed by atoms with Gasteiger partial charge in [-0.2, -0.15) is 0 Å².